The third-order valence-corrected chi connectivity index (χ3v) is 9.75. The normalized spacial score (nSPS) is 19.3. The Hall–Kier alpha value is -3.91. The van der Waals surface area contributed by atoms with Gasteiger partial charge in [-0.25, -0.2) is 0 Å². The number of amides is 2. The minimum absolute atomic E-state index is 0.0306. The van der Waals surface area contributed by atoms with Crippen LogP contribution in [0.1, 0.15) is 66.4 Å². The number of piperidine rings is 1. The number of hydrogen-bond donors (Lipinski definition) is 0. The number of carbonyl (C=O) groups is 2. The number of rotatable bonds is 7. The van der Waals surface area contributed by atoms with Gasteiger partial charge in [-0.15, -0.1) is 0 Å². The molecule has 0 radical (unpaired) electrons. The smallest absolute Gasteiger partial charge is 0.257 e. The average Bonchev–Trinajstić information content (AvgIpc) is 3.48. The van der Waals surface area contributed by atoms with Crippen molar-refractivity contribution in [2.45, 2.75) is 57.9 Å². The molecule has 2 saturated heterocycles. The molecule has 0 aliphatic carbocycles. The summed E-state index contributed by atoms with van der Waals surface area (Å²) >= 11 is 0. The van der Waals surface area contributed by atoms with Gasteiger partial charge in [0.2, 0.25) is 5.91 Å². The molecule has 2 amide bonds. The van der Waals surface area contributed by atoms with E-state index in [0.717, 1.165) is 90.0 Å². The van der Waals surface area contributed by atoms with Crippen LogP contribution in [0.5, 0.6) is 11.5 Å². The van der Waals surface area contributed by atoms with Crippen molar-refractivity contribution >= 4 is 11.8 Å². The van der Waals surface area contributed by atoms with Gasteiger partial charge < -0.3 is 19.3 Å². The van der Waals surface area contributed by atoms with E-state index in [0.29, 0.717) is 37.5 Å². The summed E-state index contributed by atoms with van der Waals surface area (Å²) in [6, 6.07) is 20.2. The fraction of sp³-hybridized carbons (Fsp3) is 0.486. The summed E-state index contributed by atoms with van der Waals surface area (Å²) in [5, 5.41) is 0. The summed E-state index contributed by atoms with van der Waals surface area (Å²) in [5.41, 5.74) is 3.24. The van der Waals surface area contributed by atoms with Crippen LogP contribution in [0.3, 0.4) is 0 Å². The van der Waals surface area contributed by atoms with Gasteiger partial charge in [-0.1, -0.05) is 42.8 Å². The number of pyridine rings is 1. The van der Waals surface area contributed by atoms with E-state index in [9.17, 15) is 9.59 Å². The fourth-order valence-electron chi connectivity index (χ4n) is 7.21. The number of carbonyl (C=O) groups excluding carboxylic acids is 2. The van der Waals surface area contributed by atoms with Crippen molar-refractivity contribution in [2.24, 2.45) is 5.41 Å². The highest BCUT2D eigenvalue weighted by Gasteiger charge is 2.38. The highest BCUT2D eigenvalue weighted by Crippen LogP contribution is 2.39. The quantitative estimate of drug-likeness (QED) is 0.346. The predicted molar refractivity (Wildman–Crippen MR) is 174 cm³/mol. The van der Waals surface area contributed by atoms with Gasteiger partial charge in [-0.2, -0.15) is 0 Å². The summed E-state index contributed by atoms with van der Waals surface area (Å²) in [5.74, 6) is 1.83. The molecule has 4 heterocycles. The molecule has 3 aliphatic rings. The molecular weight excluding hydrogens is 564 g/mol. The molecule has 238 valence electrons. The molecule has 8 nitrogen and oxygen atoms in total. The number of aromatic nitrogens is 1. The molecule has 2 aromatic carbocycles. The first kappa shape index (κ1) is 31.1. The van der Waals surface area contributed by atoms with Gasteiger partial charge in [0.25, 0.3) is 5.91 Å². The molecular formula is C37H46N4O4. The molecule has 0 unspecified atom stereocenters. The molecule has 8 heteroatoms. The molecule has 3 aromatic rings. The van der Waals surface area contributed by atoms with Crippen LogP contribution in [0.25, 0.3) is 0 Å². The van der Waals surface area contributed by atoms with Crippen LogP contribution in [-0.2, 0) is 17.8 Å². The van der Waals surface area contributed by atoms with Crippen LogP contribution in [0.15, 0.2) is 73.1 Å². The van der Waals surface area contributed by atoms with E-state index in [1.165, 1.54) is 11.1 Å². The summed E-state index contributed by atoms with van der Waals surface area (Å²) in [4.78, 5) is 36.6. The third kappa shape index (κ3) is 8.03. The molecule has 0 atom stereocenters. The SMILES string of the molecule is O=C1CCCN1CCOc1ccccc1C(=O)N1CCC2(CCCCc3ccccc3OCCN(Cc3cccnc3)C2)CC1. The summed E-state index contributed by atoms with van der Waals surface area (Å²) < 4.78 is 12.4. The zero-order valence-corrected chi connectivity index (χ0v) is 26.4. The Morgan fingerprint density at radius 1 is 0.889 bits per heavy atom. The van der Waals surface area contributed by atoms with Crippen LogP contribution in [0, 0.1) is 5.41 Å². The lowest BCUT2D eigenvalue weighted by molar-refractivity contribution is -0.128. The first-order valence-corrected chi connectivity index (χ1v) is 16.7. The highest BCUT2D eigenvalue weighted by molar-refractivity contribution is 5.97. The molecule has 0 saturated carbocycles. The minimum Gasteiger partial charge on any atom is -0.492 e. The van der Waals surface area contributed by atoms with Crippen molar-refractivity contribution in [1.82, 2.24) is 19.7 Å². The summed E-state index contributed by atoms with van der Waals surface area (Å²) in [7, 11) is 0. The Morgan fingerprint density at radius 3 is 2.56 bits per heavy atom. The second kappa shape index (κ2) is 14.9. The zero-order valence-electron chi connectivity index (χ0n) is 26.4. The van der Waals surface area contributed by atoms with Gasteiger partial charge in [0.05, 0.1) is 12.1 Å². The van der Waals surface area contributed by atoms with Crippen LogP contribution in [-0.4, -0.2) is 84.0 Å². The van der Waals surface area contributed by atoms with E-state index < -0.39 is 0 Å². The number of hydrogen-bond acceptors (Lipinski definition) is 6. The van der Waals surface area contributed by atoms with Crippen LogP contribution >= 0.6 is 0 Å². The molecule has 6 rings (SSSR count). The van der Waals surface area contributed by atoms with Crippen LogP contribution in [0.2, 0.25) is 0 Å². The van der Waals surface area contributed by atoms with Gasteiger partial charge in [-0.05, 0) is 79.3 Å². The third-order valence-electron chi connectivity index (χ3n) is 9.75. The van der Waals surface area contributed by atoms with E-state index in [-0.39, 0.29) is 17.2 Å². The first-order valence-electron chi connectivity index (χ1n) is 16.7. The number of nitrogens with zero attached hydrogens (tertiary/aromatic N) is 4. The number of para-hydroxylation sites is 2. The lowest BCUT2D eigenvalue weighted by Gasteiger charge is -2.45. The number of fused-ring (bicyclic) bond motifs is 1. The second-order valence-electron chi connectivity index (χ2n) is 12.9. The molecule has 1 spiro atoms. The molecule has 2 fully saturated rings. The van der Waals surface area contributed by atoms with Gasteiger partial charge in [-0.3, -0.25) is 19.5 Å². The van der Waals surface area contributed by atoms with E-state index in [1.54, 1.807) is 0 Å². The maximum absolute atomic E-state index is 13.8. The molecule has 3 aliphatic heterocycles. The van der Waals surface area contributed by atoms with Crippen molar-refractivity contribution in [3.05, 3.63) is 89.7 Å². The number of ether oxygens (including phenoxy) is 2. The Kier molecular flexibility index (Phi) is 10.3. The van der Waals surface area contributed by atoms with E-state index >= 15 is 0 Å². The summed E-state index contributed by atoms with van der Waals surface area (Å²) in [6.45, 7) is 6.48. The van der Waals surface area contributed by atoms with Gasteiger partial charge >= 0.3 is 0 Å². The number of aryl methyl sites for hydroxylation is 1. The second-order valence-corrected chi connectivity index (χ2v) is 12.9. The predicted octanol–water partition coefficient (Wildman–Crippen LogP) is 5.61. The minimum atomic E-state index is 0.0306. The maximum atomic E-state index is 13.8. The lowest BCUT2D eigenvalue weighted by atomic mass is 9.73. The van der Waals surface area contributed by atoms with E-state index in [4.69, 9.17) is 9.47 Å². The van der Waals surface area contributed by atoms with Crippen LogP contribution in [0.4, 0.5) is 0 Å². The first-order chi connectivity index (χ1) is 22.1. The lowest BCUT2D eigenvalue weighted by Crippen LogP contribution is -2.48. The van der Waals surface area contributed by atoms with Gasteiger partial charge in [0, 0.05) is 58.1 Å². The maximum Gasteiger partial charge on any atom is 0.257 e. The van der Waals surface area contributed by atoms with Gasteiger partial charge in [0.15, 0.2) is 0 Å². The van der Waals surface area contributed by atoms with Crippen molar-refractivity contribution in [3.8, 4) is 11.5 Å². The molecule has 1 aromatic heterocycles. The average molecular weight is 611 g/mol. The van der Waals surface area contributed by atoms with E-state index in [2.05, 4.69) is 40.2 Å². The van der Waals surface area contributed by atoms with Crippen LogP contribution < -0.4 is 9.47 Å². The standard InChI is InChI=1S/C37H46N4O4/c42-35-15-8-20-40(35)24-26-45-34-14-4-2-12-32(34)36(43)41-21-17-37(18-22-41)16-6-5-11-31-10-1-3-13-33(31)44-25-23-39(29-37)28-30-9-7-19-38-27-30/h1-4,7,9-10,12-14,19,27H,5-6,8,11,15-18,20-26,28-29H2. The largest absolute Gasteiger partial charge is 0.492 e. The Labute approximate surface area is 267 Å². The molecule has 0 N–H and O–H groups in total. The number of benzene rings is 2. The molecule has 45 heavy (non-hydrogen) atoms. The number of likely N-dealkylation sites (tertiary alicyclic amines) is 2. The highest BCUT2D eigenvalue weighted by atomic mass is 16.5. The zero-order chi connectivity index (χ0) is 30.9. The Morgan fingerprint density at radius 2 is 1.73 bits per heavy atom. The molecule has 0 bridgehead atoms. The van der Waals surface area contributed by atoms with Crippen molar-refractivity contribution in [1.29, 1.82) is 0 Å². The Bertz CT molecular complexity index is 1420. The topological polar surface area (TPSA) is 75.2 Å². The Balaban J connectivity index is 1.13. The fourth-order valence-corrected chi connectivity index (χ4v) is 7.21. The monoisotopic (exact) mass is 610 g/mol. The van der Waals surface area contributed by atoms with Crippen molar-refractivity contribution in [3.63, 3.8) is 0 Å². The summed E-state index contributed by atoms with van der Waals surface area (Å²) in [6.07, 6.45) is 11.7. The van der Waals surface area contributed by atoms with Gasteiger partial charge in [0.1, 0.15) is 24.7 Å². The van der Waals surface area contributed by atoms with E-state index in [1.807, 2.05) is 52.5 Å². The van der Waals surface area contributed by atoms with Crippen molar-refractivity contribution < 1.29 is 19.1 Å². The van der Waals surface area contributed by atoms with Crippen molar-refractivity contribution in [2.75, 3.05) is 52.5 Å².